The SMILES string of the molecule is C#CCOC(=O)NCC(=O)NC(C=O)C(C)C. The van der Waals surface area contributed by atoms with Crippen molar-refractivity contribution < 1.29 is 19.1 Å². The fraction of sp³-hybridized carbons (Fsp3) is 0.545. The van der Waals surface area contributed by atoms with Crippen molar-refractivity contribution in [2.45, 2.75) is 19.9 Å². The van der Waals surface area contributed by atoms with Crippen molar-refractivity contribution >= 4 is 18.3 Å². The summed E-state index contributed by atoms with van der Waals surface area (Å²) in [5, 5.41) is 4.66. The van der Waals surface area contributed by atoms with Crippen molar-refractivity contribution in [3.63, 3.8) is 0 Å². The third-order valence-electron chi connectivity index (χ3n) is 1.87. The maximum atomic E-state index is 11.3. The lowest BCUT2D eigenvalue weighted by Crippen LogP contribution is -2.45. The lowest BCUT2D eigenvalue weighted by molar-refractivity contribution is -0.123. The summed E-state index contributed by atoms with van der Waals surface area (Å²) < 4.78 is 4.48. The van der Waals surface area contributed by atoms with Gasteiger partial charge in [0.05, 0.1) is 6.04 Å². The Kier molecular flexibility index (Phi) is 7.19. The fourth-order valence-corrected chi connectivity index (χ4v) is 0.905. The summed E-state index contributed by atoms with van der Waals surface area (Å²) in [4.78, 5) is 32.8. The lowest BCUT2D eigenvalue weighted by Gasteiger charge is -2.16. The molecule has 0 aliphatic carbocycles. The number of aldehydes is 1. The zero-order valence-corrected chi connectivity index (χ0v) is 9.86. The van der Waals surface area contributed by atoms with Gasteiger partial charge in [0.25, 0.3) is 0 Å². The van der Waals surface area contributed by atoms with Gasteiger partial charge in [-0.15, -0.1) is 6.42 Å². The molecule has 0 fully saturated rings. The van der Waals surface area contributed by atoms with Crippen molar-refractivity contribution in [1.29, 1.82) is 0 Å². The maximum absolute atomic E-state index is 11.3. The topological polar surface area (TPSA) is 84.5 Å². The van der Waals surface area contributed by atoms with Gasteiger partial charge in [-0.2, -0.15) is 0 Å². The molecule has 0 spiro atoms. The van der Waals surface area contributed by atoms with E-state index in [1.54, 1.807) is 13.8 Å². The van der Waals surface area contributed by atoms with Gasteiger partial charge in [0.1, 0.15) is 12.8 Å². The molecule has 0 aromatic carbocycles. The van der Waals surface area contributed by atoms with Crippen LogP contribution in [0.1, 0.15) is 13.8 Å². The molecule has 0 rings (SSSR count). The van der Waals surface area contributed by atoms with E-state index >= 15 is 0 Å². The molecule has 0 radical (unpaired) electrons. The van der Waals surface area contributed by atoms with Crippen molar-refractivity contribution in [1.82, 2.24) is 10.6 Å². The van der Waals surface area contributed by atoms with E-state index in [1.807, 2.05) is 0 Å². The molecule has 6 heteroatoms. The highest BCUT2D eigenvalue weighted by atomic mass is 16.5. The quantitative estimate of drug-likeness (QED) is 0.492. The molecule has 17 heavy (non-hydrogen) atoms. The zero-order valence-electron chi connectivity index (χ0n) is 9.86. The van der Waals surface area contributed by atoms with E-state index in [0.29, 0.717) is 6.29 Å². The highest BCUT2D eigenvalue weighted by Gasteiger charge is 2.15. The summed E-state index contributed by atoms with van der Waals surface area (Å²) >= 11 is 0. The van der Waals surface area contributed by atoms with Crippen LogP contribution in [0.5, 0.6) is 0 Å². The van der Waals surface area contributed by atoms with Crippen LogP contribution in [0.25, 0.3) is 0 Å². The van der Waals surface area contributed by atoms with Gasteiger partial charge in [-0.05, 0) is 5.92 Å². The highest BCUT2D eigenvalue weighted by molar-refractivity contribution is 5.84. The number of ether oxygens (including phenoxy) is 1. The van der Waals surface area contributed by atoms with Crippen LogP contribution in [-0.2, 0) is 14.3 Å². The van der Waals surface area contributed by atoms with Crippen LogP contribution in [0.15, 0.2) is 0 Å². The predicted molar refractivity (Wildman–Crippen MR) is 61.0 cm³/mol. The Bertz CT molecular complexity index is 320. The number of hydrogen-bond donors (Lipinski definition) is 2. The minimum absolute atomic E-state index is 0.00941. The third kappa shape index (κ3) is 6.95. The van der Waals surface area contributed by atoms with Crippen LogP contribution >= 0.6 is 0 Å². The average Bonchev–Trinajstić information content (AvgIpc) is 2.30. The molecule has 94 valence electrons. The predicted octanol–water partition coefficient (Wildman–Crippen LogP) is -0.314. The number of carbonyl (C=O) groups excluding carboxylic acids is 3. The van der Waals surface area contributed by atoms with Crippen LogP contribution < -0.4 is 10.6 Å². The Balaban J connectivity index is 3.91. The van der Waals surface area contributed by atoms with Crippen LogP contribution in [-0.4, -0.2) is 37.5 Å². The molecule has 0 saturated carbocycles. The van der Waals surface area contributed by atoms with Crippen LogP contribution in [0, 0.1) is 18.3 Å². The Morgan fingerprint density at radius 3 is 2.59 bits per heavy atom. The number of rotatable bonds is 6. The third-order valence-corrected chi connectivity index (χ3v) is 1.87. The molecular formula is C11H16N2O4. The minimum atomic E-state index is -0.773. The van der Waals surface area contributed by atoms with Crippen molar-refractivity contribution in [3.05, 3.63) is 0 Å². The average molecular weight is 240 g/mol. The molecule has 6 nitrogen and oxygen atoms in total. The number of alkyl carbamates (subject to hydrolysis) is 1. The van der Waals surface area contributed by atoms with E-state index in [0.717, 1.165) is 0 Å². The summed E-state index contributed by atoms with van der Waals surface area (Å²) in [5.41, 5.74) is 0. The normalized spacial score (nSPS) is 11.2. The maximum Gasteiger partial charge on any atom is 0.408 e. The molecule has 0 bridgehead atoms. The summed E-state index contributed by atoms with van der Waals surface area (Å²) in [6, 6.07) is -0.564. The summed E-state index contributed by atoms with van der Waals surface area (Å²) in [6.45, 7) is 3.18. The van der Waals surface area contributed by atoms with Gasteiger partial charge in [0.2, 0.25) is 5.91 Å². The van der Waals surface area contributed by atoms with Crippen LogP contribution in [0.3, 0.4) is 0 Å². The van der Waals surface area contributed by atoms with Gasteiger partial charge in [-0.25, -0.2) is 4.79 Å². The molecule has 0 saturated heterocycles. The Hall–Kier alpha value is -2.03. The smallest absolute Gasteiger partial charge is 0.408 e. The van der Waals surface area contributed by atoms with Crippen molar-refractivity contribution in [3.8, 4) is 12.3 Å². The number of terminal acetylenes is 1. The van der Waals surface area contributed by atoms with E-state index in [1.165, 1.54) is 0 Å². The van der Waals surface area contributed by atoms with Gasteiger partial charge in [0.15, 0.2) is 6.61 Å². The van der Waals surface area contributed by atoms with Gasteiger partial charge < -0.3 is 20.2 Å². The standard InChI is InChI=1S/C11H16N2O4/c1-4-5-17-11(16)12-6-10(15)13-9(7-14)8(2)3/h1,7-9H,5-6H2,2-3H3,(H,12,16)(H,13,15). The Morgan fingerprint density at radius 1 is 1.47 bits per heavy atom. The van der Waals surface area contributed by atoms with E-state index in [4.69, 9.17) is 6.42 Å². The molecule has 2 N–H and O–H groups in total. The second-order valence-electron chi connectivity index (χ2n) is 3.61. The first-order valence-corrected chi connectivity index (χ1v) is 5.10. The molecule has 0 aliphatic rings. The molecule has 1 unspecified atom stereocenters. The van der Waals surface area contributed by atoms with Gasteiger partial charge in [-0.1, -0.05) is 19.8 Å². The molecule has 2 amide bonds. The molecule has 1 atom stereocenters. The van der Waals surface area contributed by atoms with Gasteiger partial charge in [-0.3, -0.25) is 4.79 Å². The molecule has 0 aromatic heterocycles. The van der Waals surface area contributed by atoms with E-state index in [-0.39, 0.29) is 19.1 Å². The Labute approximate surface area is 100 Å². The second-order valence-corrected chi connectivity index (χ2v) is 3.61. The van der Waals surface area contributed by atoms with Gasteiger partial charge >= 0.3 is 6.09 Å². The number of hydrogen-bond acceptors (Lipinski definition) is 4. The first kappa shape index (κ1) is 15.0. The zero-order chi connectivity index (χ0) is 13.3. The van der Waals surface area contributed by atoms with E-state index in [9.17, 15) is 14.4 Å². The summed E-state index contributed by atoms with van der Waals surface area (Å²) in [5.74, 6) is 1.64. The fourth-order valence-electron chi connectivity index (χ4n) is 0.905. The largest absolute Gasteiger partial charge is 0.436 e. The molecular weight excluding hydrogens is 224 g/mol. The molecule has 0 aliphatic heterocycles. The molecule has 0 aromatic rings. The lowest BCUT2D eigenvalue weighted by atomic mass is 10.1. The monoisotopic (exact) mass is 240 g/mol. The van der Waals surface area contributed by atoms with Crippen LogP contribution in [0.2, 0.25) is 0 Å². The van der Waals surface area contributed by atoms with Crippen LogP contribution in [0.4, 0.5) is 4.79 Å². The van der Waals surface area contributed by atoms with Gasteiger partial charge in [0, 0.05) is 0 Å². The van der Waals surface area contributed by atoms with E-state index in [2.05, 4.69) is 21.3 Å². The van der Waals surface area contributed by atoms with E-state index < -0.39 is 18.0 Å². The second kappa shape index (κ2) is 8.16. The number of carbonyl (C=O) groups is 3. The molecule has 0 heterocycles. The minimum Gasteiger partial charge on any atom is -0.436 e. The highest BCUT2D eigenvalue weighted by Crippen LogP contribution is 1.97. The first-order chi connectivity index (χ1) is 8.01. The van der Waals surface area contributed by atoms with Crippen molar-refractivity contribution in [2.24, 2.45) is 5.92 Å². The Morgan fingerprint density at radius 2 is 2.12 bits per heavy atom. The summed E-state index contributed by atoms with van der Waals surface area (Å²) in [7, 11) is 0. The summed E-state index contributed by atoms with van der Waals surface area (Å²) in [6.07, 6.45) is 4.76. The number of nitrogens with one attached hydrogen (secondary N) is 2. The van der Waals surface area contributed by atoms with Crippen molar-refractivity contribution in [2.75, 3.05) is 13.2 Å². The first-order valence-electron chi connectivity index (χ1n) is 5.10. The number of amides is 2.